The van der Waals surface area contributed by atoms with Gasteiger partial charge in [0.1, 0.15) is 6.29 Å². The second kappa shape index (κ2) is 8.37. The van der Waals surface area contributed by atoms with Crippen LogP contribution in [0, 0.1) is 0 Å². The molecule has 0 unspecified atom stereocenters. The normalized spacial score (nSPS) is 9.20. The van der Waals surface area contributed by atoms with Crippen LogP contribution in [0.1, 0.15) is 19.3 Å². The molecule has 0 rings (SSSR count). The maximum absolute atomic E-state index is 9.84. The van der Waals surface area contributed by atoms with Gasteiger partial charge in [0, 0.05) is 13.0 Å². The first-order valence-corrected chi connectivity index (χ1v) is 3.54. The van der Waals surface area contributed by atoms with E-state index in [4.69, 9.17) is 4.74 Å². The molecule has 0 aliphatic heterocycles. The van der Waals surface area contributed by atoms with Crippen molar-refractivity contribution in [2.75, 3.05) is 13.2 Å². The van der Waals surface area contributed by atoms with Crippen LogP contribution in [-0.4, -0.2) is 19.5 Å². The van der Waals surface area contributed by atoms with Crippen LogP contribution in [0.15, 0.2) is 12.7 Å². The molecule has 0 saturated carbocycles. The van der Waals surface area contributed by atoms with E-state index in [-0.39, 0.29) is 0 Å². The maximum Gasteiger partial charge on any atom is 0.119 e. The first kappa shape index (κ1) is 9.37. The molecule has 0 aromatic rings. The number of hydrogen-bond acceptors (Lipinski definition) is 2. The molecular formula is C8H14O2. The first-order chi connectivity index (χ1) is 4.91. The summed E-state index contributed by atoms with van der Waals surface area (Å²) in [7, 11) is 0. The largest absolute Gasteiger partial charge is 0.377 e. The van der Waals surface area contributed by atoms with Gasteiger partial charge in [-0.15, -0.1) is 6.58 Å². The molecule has 0 N–H and O–H groups in total. The van der Waals surface area contributed by atoms with Gasteiger partial charge in [-0.1, -0.05) is 6.08 Å². The molecule has 0 bridgehead atoms. The minimum absolute atomic E-state index is 0.612. The van der Waals surface area contributed by atoms with E-state index in [0.717, 1.165) is 25.7 Å². The topological polar surface area (TPSA) is 26.3 Å². The van der Waals surface area contributed by atoms with Crippen molar-refractivity contribution in [2.24, 2.45) is 0 Å². The fourth-order valence-electron chi connectivity index (χ4n) is 0.598. The van der Waals surface area contributed by atoms with E-state index in [2.05, 4.69) is 6.58 Å². The summed E-state index contributed by atoms with van der Waals surface area (Å²) in [6.07, 6.45) is 5.21. The lowest BCUT2D eigenvalue weighted by Gasteiger charge is -1.97. The molecule has 2 heteroatoms. The number of carbonyl (C=O) groups is 1. The van der Waals surface area contributed by atoms with Crippen LogP contribution < -0.4 is 0 Å². The highest BCUT2D eigenvalue weighted by atomic mass is 16.5. The fraction of sp³-hybridized carbons (Fsp3) is 0.625. The van der Waals surface area contributed by atoms with Gasteiger partial charge >= 0.3 is 0 Å². The molecular weight excluding hydrogens is 128 g/mol. The van der Waals surface area contributed by atoms with Gasteiger partial charge in [-0.05, 0) is 12.8 Å². The van der Waals surface area contributed by atoms with Crippen molar-refractivity contribution in [1.29, 1.82) is 0 Å². The van der Waals surface area contributed by atoms with Crippen molar-refractivity contribution < 1.29 is 9.53 Å². The van der Waals surface area contributed by atoms with Crippen LogP contribution in [0.5, 0.6) is 0 Å². The van der Waals surface area contributed by atoms with Crippen molar-refractivity contribution >= 4 is 6.29 Å². The molecule has 0 fully saturated rings. The molecule has 10 heavy (non-hydrogen) atoms. The highest BCUT2D eigenvalue weighted by molar-refractivity contribution is 5.48. The van der Waals surface area contributed by atoms with Crippen LogP contribution in [-0.2, 0) is 9.53 Å². The van der Waals surface area contributed by atoms with Crippen molar-refractivity contribution in [1.82, 2.24) is 0 Å². The van der Waals surface area contributed by atoms with E-state index in [1.54, 1.807) is 6.08 Å². The Kier molecular flexibility index (Phi) is 7.84. The third kappa shape index (κ3) is 7.37. The van der Waals surface area contributed by atoms with E-state index in [1.807, 2.05) is 0 Å². The van der Waals surface area contributed by atoms with Gasteiger partial charge in [0.15, 0.2) is 0 Å². The summed E-state index contributed by atoms with van der Waals surface area (Å²) >= 11 is 0. The van der Waals surface area contributed by atoms with Crippen molar-refractivity contribution in [3.05, 3.63) is 12.7 Å². The Morgan fingerprint density at radius 2 is 2.20 bits per heavy atom. The average Bonchev–Trinajstić information content (AvgIpc) is 1.97. The summed E-state index contributed by atoms with van der Waals surface area (Å²) in [4.78, 5) is 9.84. The molecule has 0 aliphatic carbocycles. The van der Waals surface area contributed by atoms with Gasteiger partial charge in [0.2, 0.25) is 0 Å². The van der Waals surface area contributed by atoms with Crippen LogP contribution in [0.2, 0.25) is 0 Å². The summed E-state index contributed by atoms with van der Waals surface area (Å²) in [5.74, 6) is 0. The van der Waals surface area contributed by atoms with E-state index >= 15 is 0 Å². The van der Waals surface area contributed by atoms with Gasteiger partial charge in [-0.25, -0.2) is 0 Å². The molecule has 0 aromatic carbocycles. The van der Waals surface area contributed by atoms with Gasteiger partial charge in [-0.2, -0.15) is 0 Å². The molecule has 0 amide bonds. The minimum atomic E-state index is 0.612. The Morgan fingerprint density at radius 1 is 1.40 bits per heavy atom. The van der Waals surface area contributed by atoms with Crippen LogP contribution in [0.4, 0.5) is 0 Å². The Labute approximate surface area is 61.9 Å². The summed E-state index contributed by atoms with van der Waals surface area (Å²) in [6.45, 7) is 4.86. The molecule has 0 radical (unpaired) electrons. The molecule has 0 atom stereocenters. The molecule has 2 nitrogen and oxygen atoms in total. The zero-order valence-corrected chi connectivity index (χ0v) is 6.21. The lowest BCUT2D eigenvalue weighted by atomic mass is 10.3. The summed E-state index contributed by atoms with van der Waals surface area (Å²) in [5.41, 5.74) is 0. The van der Waals surface area contributed by atoms with Crippen LogP contribution in [0.25, 0.3) is 0 Å². The van der Waals surface area contributed by atoms with E-state index in [1.165, 1.54) is 0 Å². The highest BCUT2D eigenvalue weighted by Crippen LogP contribution is 1.92. The molecule has 0 spiro atoms. The summed E-state index contributed by atoms with van der Waals surface area (Å²) in [6, 6.07) is 0. The second-order valence-electron chi connectivity index (χ2n) is 2.03. The fourth-order valence-corrected chi connectivity index (χ4v) is 0.598. The zero-order chi connectivity index (χ0) is 7.66. The Balaban J connectivity index is 2.76. The minimum Gasteiger partial charge on any atom is -0.377 e. The predicted octanol–water partition coefficient (Wildman–Crippen LogP) is 1.56. The maximum atomic E-state index is 9.84. The predicted molar refractivity (Wildman–Crippen MR) is 40.9 cm³/mol. The van der Waals surface area contributed by atoms with E-state index in [9.17, 15) is 4.79 Å². The van der Waals surface area contributed by atoms with Gasteiger partial charge in [0.05, 0.1) is 6.61 Å². The molecule has 0 aromatic heterocycles. The van der Waals surface area contributed by atoms with Crippen molar-refractivity contribution in [2.45, 2.75) is 19.3 Å². The molecule has 0 aliphatic rings. The second-order valence-corrected chi connectivity index (χ2v) is 2.03. The summed E-state index contributed by atoms with van der Waals surface area (Å²) in [5, 5.41) is 0. The Bertz CT molecular complexity index is 77.3. The van der Waals surface area contributed by atoms with Gasteiger partial charge < -0.3 is 9.53 Å². The van der Waals surface area contributed by atoms with E-state index < -0.39 is 0 Å². The zero-order valence-electron chi connectivity index (χ0n) is 6.21. The third-order valence-corrected chi connectivity index (χ3v) is 1.10. The van der Waals surface area contributed by atoms with Gasteiger partial charge in [0.25, 0.3) is 0 Å². The quantitative estimate of drug-likeness (QED) is 0.306. The van der Waals surface area contributed by atoms with Gasteiger partial charge in [-0.3, -0.25) is 0 Å². The number of rotatable bonds is 7. The van der Waals surface area contributed by atoms with E-state index in [0.29, 0.717) is 13.0 Å². The van der Waals surface area contributed by atoms with Crippen molar-refractivity contribution in [3.8, 4) is 0 Å². The Morgan fingerprint density at radius 3 is 2.80 bits per heavy atom. The number of unbranched alkanes of at least 4 members (excludes halogenated alkanes) is 2. The standard InChI is InChI=1S/C8H14O2/c1-2-7-10-8-5-3-4-6-9/h2,6H,1,3-5,7-8H2. The van der Waals surface area contributed by atoms with Crippen LogP contribution in [0.3, 0.4) is 0 Å². The average molecular weight is 142 g/mol. The number of ether oxygens (including phenoxy) is 1. The molecule has 58 valence electrons. The Hall–Kier alpha value is -0.630. The lowest BCUT2D eigenvalue weighted by Crippen LogP contribution is -1.93. The van der Waals surface area contributed by atoms with Crippen molar-refractivity contribution in [3.63, 3.8) is 0 Å². The lowest BCUT2D eigenvalue weighted by molar-refractivity contribution is -0.107. The van der Waals surface area contributed by atoms with Crippen LogP contribution >= 0.6 is 0 Å². The number of hydrogen-bond donors (Lipinski definition) is 0. The SMILES string of the molecule is C=CCOCCCCC=O. The number of aldehydes is 1. The summed E-state index contributed by atoms with van der Waals surface area (Å²) < 4.78 is 5.10. The molecule has 0 saturated heterocycles. The first-order valence-electron chi connectivity index (χ1n) is 3.54. The monoisotopic (exact) mass is 142 g/mol. The number of carbonyl (C=O) groups excluding carboxylic acids is 1. The highest BCUT2D eigenvalue weighted by Gasteiger charge is 1.86. The third-order valence-electron chi connectivity index (χ3n) is 1.10. The smallest absolute Gasteiger partial charge is 0.119 e. The molecule has 0 heterocycles.